The molecule has 3 aromatic carbocycles. The fraction of sp³-hybridized carbons (Fsp3) is 0.324. The van der Waals surface area contributed by atoms with Gasteiger partial charge in [0, 0.05) is 35.3 Å². The Morgan fingerprint density at radius 1 is 0.957 bits per heavy atom. The predicted molar refractivity (Wildman–Crippen MR) is 184 cm³/mol. The molecular weight excluding hydrogens is 639 g/mol. The molecule has 0 bridgehead atoms. The van der Waals surface area contributed by atoms with Gasteiger partial charge in [0.2, 0.25) is 10.0 Å². The summed E-state index contributed by atoms with van der Waals surface area (Å²) in [7, 11) is -2.12. The average Bonchev–Trinajstić information content (AvgIpc) is 3.51. The molecule has 0 aliphatic heterocycles. The molecule has 47 heavy (non-hydrogen) atoms. The van der Waals surface area contributed by atoms with Gasteiger partial charge >= 0.3 is 0 Å². The van der Waals surface area contributed by atoms with Crippen molar-refractivity contribution in [1.29, 1.82) is 0 Å². The highest BCUT2D eigenvalue weighted by atomic mass is 32.2. The lowest BCUT2D eigenvalue weighted by atomic mass is 10.00. The van der Waals surface area contributed by atoms with Crippen molar-refractivity contribution in [2.75, 3.05) is 24.1 Å². The summed E-state index contributed by atoms with van der Waals surface area (Å²) in [6.45, 7) is 5.79. The van der Waals surface area contributed by atoms with Crippen LogP contribution < -0.4 is 25.4 Å². The third kappa shape index (κ3) is 10.6. The molecule has 2 amide bonds. The van der Waals surface area contributed by atoms with Crippen molar-refractivity contribution in [3.05, 3.63) is 111 Å². The Morgan fingerprint density at radius 3 is 2.28 bits per heavy atom. The van der Waals surface area contributed by atoms with Gasteiger partial charge < -0.3 is 25.8 Å². The van der Waals surface area contributed by atoms with Gasteiger partial charge in [-0.1, -0.05) is 42.5 Å². The molecule has 3 atom stereocenters. The second kappa shape index (κ2) is 16.5. The number of amides is 2. The van der Waals surface area contributed by atoms with Crippen LogP contribution in [0.2, 0.25) is 0 Å². The number of nitrogens with one attached hydrogen (secondary N) is 4. The van der Waals surface area contributed by atoms with Crippen LogP contribution >= 0.6 is 11.3 Å². The molecule has 0 saturated carbocycles. The number of sulfonamides is 1. The van der Waals surface area contributed by atoms with E-state index >= 15 is 0 Å². The zero-order chi connectivity index (χ0) is 34.0. The zero-order valence-corrected chi connectivity index (χ0v) is 28.5. The second-order valence-corrected chi connectivity index (χ2v) is 14.0. The molecule has 0 spiro atoms. The van der Waals surface area contributed by atoms with Gasteiger partial charge in [0.05, 0.1) is 36.7 Å². The van der Waals surface area contributed by atoms with E-state index in [4.69, 9.17) is 4.74 Å². The number of ether oxygens (including phenoxy) is 1. The van der Waals surface area contributed by atoms with Gasteiger partial charge in [-0.2, -0.15) is 0 Å². The molecule has 1 aromatic heterocycles. The lowest BCUT2D eigenvalue weighted by Crippen LogP contribution is -2.48. The smallest absolute Gasteiger partial charge is 0.251 e. The van der Waals surface area contributed by atoms with Crippen LogP contribution in [0.3, 0.4) is 0 Å². The van der Waals surface area contributed by atoms with Gasteiger partial charge in [-0.3, -0.25) is 14.3 Å². The average molecular weight is 680 g/mol. The molecule has 0 radical (unpaired) electrons. The fourth-order valence-corrected chi connectivity index (χ4v) is 6.23. The Morgan fingerprint density at radius 2 is 1.64 bits per heavy atom. The summed E-state index contributed by atoms with van der Waals surface area (Å²) in [5, 5.41) is 22.9. The fourth-order valence-electron chi connectivity index (χ4n) is 4.81. The lowest BCUT2D eigenvalue weighted by molar-refractivity contribution is 0.0830. The van der Waals surface area contributed by atoms with Crippen LogP contribution in [-0.4, -0.2) is 61.9 Å². The summed E-state index contributed by atoms with van der Waals surface area (Å²) in [6, 6.07) is 20.1. The Hall–Kier alpha value is -4.30. The van der Waals surface area contributed by atoms with Crippen molar-refractivity contribution < 1.29 is 27.9 Å². The van der Waals surface area contributed by atoms with Crippen molar-refractivity contribution in [3.63, 3.8) is 0 Å². The lowest BCUT2D eigenvalue weighted by Gasteiger charge is -2.25. The molecule has 4 aromatic rings. The van der Waals surface area contributed by atoms with Gasteiger partial charge in [-0.05, 0) is 68.7 Å². The van der Waals surface area contributed by atoms with Crippen LogP contribution in [0.25, 0.3) is 0 Å². The van der Waals surface area contributed by atoms with E-state index < -0.39 is 40.0 Å². The number of thiazole rings is 1. The minimum absolute atomic E-state index is 0.0544. The number of hydrogen-bond donors (Lipinski definition) is 5. The first-order chi connectivity index (χ1) is 22.5. The zero-order valence-electron chi connectivity index (χ0n) is 26.8. The van der Waals surface area contributed by atoms with Crippen LogP contribution in [0.15, 0.2) is 78.2 Å². The number of anilines is 1. The third-order valence-corrected chi connectivity index (χ3v) is 9.81. The number of hydrogen-bond acceptors (Lipinski definition) is 9. The quantitative estimate of drug-likeness (QED) is 0.118. The normalized spacial score (nSPS) is 13.3. The number of aryl methyl sites for hydroxylation is 1. The number of rotatable bonds is 16. The van der Waals surface area contributed by atoms with Crippen molar-refractivity contribution in [1.82, 2.24) is 20.9 Å². The number of nitrogens with zero attached hydrogens (tertiary/aromatic N) is 1. The summed E-state index contributed by atoms with van der Waals surface area (Å²) in [6.07, 6.45) is -0.661. The number of methoxy groups -OCH3 is 1. The van der Waals surface area contributed by atoms with E-state index in [-0.39, 0.29) is 29.1 Å². The molecule has 4 rings (SSSR count). The number of aliphatic hydroxyl groups excluding tert-OH is 1. The monoisotopic (exact) mass is 679 g/mol. The highest BCUT2D eigenvalue weighted by molar-refractivity contribution is 7.92. The maximum atomic E-state index is 13.8. The van der Waals surface area contributed by atoms with E-state index in [0.29, 0.717) is 13.0 Å². The molecule has 0 aliphatic carbocycles. The largest absolute Gasteiger partial charge is 0.497 e. The van der Waals surface area contributed by atoms with Gasteiger partial charge in [-0.15, -0.1) is 11.3 Å². The summed E-state index contributed by atoms with van der Waals surface area (Å²) in [5.41, 5.74) is 2.93. The van der Waals surface area contributed by atoms with Crippen LogP contribution in [-0.2, 0) is 23.0 Å². The molecule has 5 N–H and O–H groups in total. The van der Waals surface area contributed by atoms with E-state index in [1.165, 1.54) is 36.5 Å². The number of carbonyl (C=O) groups excluding carboxylic acids is 2. The van der Waals surface area contributed by atoms with E-state index in [2.05, 4.69) is 25.7 Å². The van der Waals surface area contributed by atoms with Crippen molar-refractivity contribution in [2.24, 2.45) is 0 Å². The second-order valence-electron chi connectivity index (χ2n) is 11.1. The molecule has 0 fully saturated rings. The Balaban J connectivity index is 1.56. The molecular formula is C34H41N5O6S2. The van der Waals surface area contributed by atoms with Crippen LogP contribution in [0.4, 0.5) is 5.69 Å². The maximum Gasteiger partial charge on any atom is 0.251 e. The number of benzene rings is 3. The van der Waals surface area contributed by atoms with E-state index in [1.807, 2.05) is 66.9 Å². The number of aromatic nitrogens is 1. The van der Waals surface area contributed by atoms with Crippen molar-refractivity contribution in [3.8, 4) is 5.75 Å². The Kier molecular flexibility index (Phi) is 12.5. The van der Waals surface area contributed by atoms with Crippen molar-refractivity contribution in [2.45, 2.75) is 51.9 Å². The first-order valence-corrected chi connectivity index (χ1v) is 17.7. The van der Waals surface area contributed by atoms with Crippen LogP contribution in [0, 0.1) is 6.92 Å². The van der Waals surface area contributed by atoms with Crippen molar-refractivity contribution >= 4 is 38.9 Å². The molecule has 0 unspecified atom stereocenters. The molecule has 13 heteroatoms. The minimum atomic E-state index is -3.71. The van der Waals surface area contributed by atoms with E-state index in [9.17, 15) is 23.1 Å². The maximum absolute atomic E-state index is 13.8. The molecule has 0 aliphatic rings. The third-order valence-electron chi connectivity index (χ3n) is 7.36. The molecule has 0 saturated heterocycles. The summed E-state index contributed by atoms with van der Waals surface area (Å²) in [5.74, 6) is -0.546. The highest BCUT2D eigenvalue weighted by Crippen LogP contribution is 2.21. The first-order valence-electron chi connectivity index (χ1n) is 15.2. The predicted octanol–water partition coefficient (Wildman–Crippen LogP) is 4.20. The number of aliphatic hydroxyl groups is 1. The molecule has 11 nitrogen and oxygen atoms in total. The number of carbonyl (C=O) groups is 2. The Bertz CT molecular complexity index is 1760. The van der Waals surface area contributed by atoms with Gasteiger partial charge in [0.25, 0.3) is 11.8 Å². The summed E-state index contributed by atoms with van der Waals surface area (Å²) < 4.78 is 32.6. The molecule has 1 heterocycles. The van der Waals surface area contributed by atoms with Crippen LogP contribution in [0.5, 0.6) is 5.75 Å². The summed E-state index contributed by atoms with van der Waals surface area (Å²) in [4.78, 5) is 31.5. The van der Waals surface area contributed by atoms with E-state index in [1.54, 1.807) is 14.0 Å². The molecule has 250 valence electrons. The van der Waals surface area contributed by atoms with E-state index in [0.717, 1.165) is 27.6 Å². The summed E-state index contributed by atoms with van der Waals surface area (Å²) >= 11 is 1.42. The minimum Gasteiger partial charge on any atom is -0.497 e. The van der Waals surface area contributed by atoms with Gasteiger partial charge in [-0.25, -0.2) is 13.4 Å². The van der Waals surface area contributed by atoms with Gasteiger partial charge in [0.15, 0.2) is 0 Å². The highest BCUT2D eigenvalue weighted by Gasteiger charge is 2.24. The topological polar surface area (TPSA) is 159 Å². The van der Waals surface area contributed by atoms with Gasteiger partial charge in [0.1, 0.15) is 10.8 Å². The Labute approximate surface area is 279 Å². The SMILES string of the molecule is CCS(=O)(=O)Nc1cc(C(=O)N[C@@H](Cc2ccccc2)[C@H](O)CNCc2cccc(OC)c2)cc(C(=O)N[C@H](C)c2nc(C)cs2)c1. The van der Waals surface area contributed by atoms with Crippen LogP contribution in [0.1, 0.15) is 62.4 Å². The first kappa shape index (κ1) is 35.6. The standard InChI is InChI=1S/C34H41N5O6S2/c1-5-47(43,44)39-28-17-26(32(41)37-23(3)34-36-22(2)21-46-34)16-27(18-28)33(42)38-30(15-24-10-7-6-8-11-24)31(40)20-35-19-25-12-9-13-29(14-25)45-4/h6-14,16-18,21,23,30-31,35,39-40H,5,15,19-20H2,1-4H3,(H,37,41)(H,38,42)/t23-,30+,31-/m1/s1.